The van der Waals surface area contributed by atoms with Crippen molar-refractivity contribution in [1.82, 2.24) is 0 Å². The van der Waals surface area contributed by atoms with Crippen LogP contribution in [0.4, 0.5) is 4.39 Å². The minimum absolute atomic E-state index is 0.715. The quantitative estimate of drug-likeness (QED) is 0.511. The van der Waals surface area contributed by atoms with Gasteiger partial charge in [-0.2, -0.15) is 0 Å². The van der Waals surface area contributed by atoms with Crippen LogP contribution in [0.3, 0.4) is 0 Å². The Bertz CT molecular complexity index is 82.6. The zero-order valence-electron chi connectivity index (χ0n) is 6.12. The number of halogens is 1. The molecule has 0 unspecified atom stereocenters. The lowest BCUT2D eigenvalue weighted by atomic mass is 9.85. The van der Waals surface area contributed by atoms with Crippen LogP contribution in [0.25, 0.3) is 0 Å². The molecule has 0 atom stereocenters. The van der Waals surface area contributed by atoms with Crippen LogP contribution in [0.2, 0.25) is 0 Å². The molecule has 0 aromatic carbocycles. The molecule has 1 aliphatic rings. The van der Waals surface area contributed by atoms with Crippen LogP contribution >= 0.6 is 0 Å². The van der Waals surface area contributed by atoms with Gasteiger partial charge in [-0.05, 0) is 19.3 Å². The Morgan fingerprint density at radius 3 is 2.11 bits per heavy atom. The average molecular weight is 130 g/mol. The minimum atomic E-state index is -0.780. The van der Waals surface area contributed by atoms with E-state index < -0.39 is 5.67 Å². The molecule has 1 aliphatic carbocycles. The fraction of sp³-hybridized carbons (Fsp3) is 1.00. The highest BCUT2D eigenvalue weighted by molar-refractivity contribution is 4.80. The molecule has 0 amide bonds. The van der Waals surface area contributed by atoms with Gasteiger partial charge in [0.1, 0.15) is 5.67 Å². The first-order chi connectivity index (χ1) is 4.27. The molecule has 1 fully saturated rings. The third-order valence-corrected chi connectivity index (χ3v) is 2.38. The largest absolute Gasteiger partial charge is 0.244 e. The third-order valence-electron chi connectivity index (χ3n) is 2.38. The van der Waals surface area contributed by atoms with Crippen molar-refractivity contribution >= 4 is 0 Å². The van der Waals surface area contributed by atoms with Crippen molar-refractivity contribution in [2.75, 3.05) is 0 Å². The van der Waals surface area contributed by atoms with Gasteiger partial charge in [-0.1, -0.05) is 26.2 Å². The lowest BCUT2D eigenvalue weighted by molar-refractivity contribution is 0.102. The highest BCUT2D eigenvalue weighted by Gasteiger charge is 2.28. The van der Waals surface area contributed by atoms with Crippen LogP contribution in [0.5, 0.6) is 0 Å². The normalized spacial score (nSPS) is 26.0. The molecule has 1 heteroatoms. The SMILES string of the molecule is CCC1(F)CCCCC1. The Balaban J connectivity index is 2.37. The summed E-state index contributed by atoms with van der Waals surface area (Å²) >= 11 is 0. The average Bonchev–Trinajstić information content (AvgIpc) is 1.90. The van der Waals surface area contributed by atoms with E-state index in [0.717, 1.165) is 25.7 Å². The summed E-state index contributed by atoms with van der Waals surface area (Å²) in [5.41, 5.74) is -0.780. The third kappa shape index (κ3) is 1.67. The van der Waals surface area contributed by atoms with Crippen molar-refractivity contribution in [1.29, 1.82) is 0 Å². The maximum Gasteiger partial charge on any atom is 0.110 e. The fourth-order valence-corrected chi connectivity index (χ4v) is 1.54. The van der Waals surface area contributed by atoms with Gasteiger partial charge in [-0.3, -0.25) is 0 Å². The van der Waals surface area contributed by atoms with Crippen molar-refractivity contribution in [3.8, 4) is 0 Å². The molecule has 0 radical (unpaired) electrons. The predicted octanol–water partition coefficient (Wildman–Crippen LogP) is 3.07. The van der Waals surface area contributed by atoms with Crippen molar-refractivity contribution in [2.45, 2.75) is 51.1 Å². The second kappa shape index (κ2) is 2.68. The summed E-state index contributed by atoms with van der Waals surface area (Å²) in [4.78, 5) is 0. The van der Waals surface area contributed by atoms with E-state index in [9.17, 15) is 4.39 Å². The molecule has 0 spiro atoms. The first-order valence-corrected chi connectivity index (χ1v) is 3.96. The zero-order valence-corrected chi connectivity index (χ0v) is 6.12. The van der Waals surface area contributed by atoms with Crippen LogP contribution < -0.4 is 0 Å². The van der Waals surface area contributed by atoms with Gasteiger partial charge in [0, 0.05) is 0 Å². The summed E-state index contributed by atoms with van der Waals surface area (Å²) in [5.74, 6) is 0. The highest BCUT2D eigenvalue weighted by Crippen LogP contribution is 2.33. The van der Waals surface area contributed by atoms with Gasteiger partial charge in [0.05, 0.1) is 0 Å². The van der Waals surface area contributed by atoms with Crippen molar-refractivity contribution in [3.05, 3.63) is 0 Å². The Morgan fingerprint density at radius 2 is 1.78 bits per heavy atom. The molecule has 1 rings (SSSR count). The van der Waals surface area contributed by atoms with Crippen LogP contribution in [0.1, 0.15) is 45.4 Å². The maximum atomic E-state index is 13.3. The lowest BCUT2D eigenvalue weighted by Gasteiger charge is -2.27. The van der Waals surface area contributed by atoms with E-state index in [1.807, 2.05) is 6.92 Å². The summed E-state index contributed by atoms with van der Waals surface area (Å²) in [6.45, 7) is 1.95. The molecule has 0 aromatic rings. The van der Waals surface area contributed by atoms with E-state index in [-0.39, 0.29) is 0 Å². The zero-order chi connectivity index (χ0) is 6.74. The van der Waals surface area contributed by atoms with Crippen LogP contribution in [0, 0.1) is 0 Å². The van der Waals surface area contributed by atoms with E-state index >= 15 is 0 Å². The summed E-state index contributed by atoms with van der Waals surface area (Å²) in [7, 11) is 0. The Hall–Kier alpha value is -0.0700. The van der Waals surface area contributed by atoms with Gasteiger partial charge < -0.3 is 0 Å². The van der Waals surface area contributed by atoms with Gasteiger partial charge in [-0.25, -0.2) is 4.39 Å². The van der Waals surface area contributed by atoms with E-state index in [2.05, 4.69) is 0 Å². The molecule has 0 saturated heterocycles. The number of rotatable bonds is 1. The highest BCUT2D eigenvalue weighted by atomic mass is 19.1. The lowest BCUT2D eigenvalue weighted by Crippen LogP contribution is -2.24. The first kappa shape index (κ1) is 7.04. The molecule has 0 heterocycles. The van der Waals surface area contributed by atoms with E-state index in [1.165, 1.54) is 6.42 Å². The van der Waals surface area contributed by atoms with Crippen LogP contribution in [-0.4, -0.2) is 5.67 Å². The molecule has 0 bridgehead atoms. The number of hydrogen-bond donors (Lipinski definition) is 0. The molecule has 0 aliphatic heterocycles. The fourth-order valence-electron chi connectivity index (χ4n) is 1.54. The molecular weight excluding hydrogens is 115 g/mol. The van der Waals surface area contributed by atoms with E-state index in [0.29, 0.717) is 6.42 Å². The Labute approximate surface area is 56.5 Å². The molecule has 0 N–H and O–H groups in total. The molecule has 9 heavy (non-hydrogen) atoms. The molecular formula is C8H15F. The summed E-state index contributed by atoms with van der Waals surface area (Å²) in [6, 6.07) is 0. The predicted molar refractivity (Wildman–Crippen MR) is 37.2 cm³/mol. The van der Waals surface area contributed by atoms with Gasteiger partial charge >= 0.3 is 0 Å². The van der Waals surface area contributed by atoms with Gasteiger partial charge in [-0.15, -0.1) is 0 Å². The van der Waals surface area contributed by atoms with Crippen molar-refractivity contribution < 1.29 is 4.39 Å². The number of hydrogen-bond acceptors (Lipinski definition) is 0. The van der Waals surface area contributed by atoms with Gasteiger partial charge in [0.15, 0.2) is 0 Å². The Morgan fingerprint density at radius 1 is 1.22 bits per heavy atom. The van der Waals surface area contributed by atoms with Crippen LogP contribution in [0.15, 0.2) is 0 Å². The Kier molecular flexibility index (Phi) is 2.09. The standard InChI is InChI=1S/C8H15F/c1-2-8(9)6-4-3-5-7-8/h2-7H2,1H3. The van der Waals surface area contributed by atoms with Gasteiger partial charge in [0.25, 0.3) is 0 Å². The molecule has 1 saturated carbocycles. The van der Waals surface area contributed by atoms with Gasteiger partial charge in [0.2, 0.25) is 0 Å². The molecule has 0 nitrogen and oxygen atoms in total. The summed E-state index contributed by atoms with van der Waals surface area (Å²) in [6.07, 6.45) is 5.78. The van der Waals surface area contributed by atoms with E-state index in [4.69, 9.17) is 0 Å². The smallest absolute Gasteiger partial charge is 0.110 e. The second-order valence-corrected chi connectivity index (χ2v) is 3.07. The maximum absolute atomic E-state index is 13.3. The molecule has 54 valence electrons. The van der Waals surface area contributed by atoms with Crippen molar-refractivity contribution in [2.24, 2.45) is 0 Å². The monoisotopic (exact) mass is 130 g/mol. The van der Waals surface area contributed by atoms with E-state index in [1.54, 1.807) is 0 Å². The van der Waals surface area contributed by atoms with Crippen LogP contribution in [-0.2, 0) is 0 Å². The minimum Gasteiger partial charge on any atom is -0.244 e. The topological polar surface area (TPSA) is 0 Å². The second-order valence-electron chi connectivity index (χ2n) is 3.07. The summed E-state index contributed by atoms with van der Waals surface area (Å²) < 4.78 is 13.3. The number of alkyl halides is 1. The summed E-state index contributed by atoms with van der Waals surface area (Å²) in [5, 5.41) is 0. The molecule has 0 aromatic heterocycles. The van der Waals surface area contributed by atoms with Crippen molar-refractivity contribution in [3.63, 3.8) is 0 Å². The first-order valence-electron chi connectivity index (χ1n) is 3.96.